The maximum absolute atomic E-state index is 10.2. The van der Waals surface area contributed by atoms with Crippen LogP contribution in [0.4, 0.5) is 0 Å². The van der Waals surface area contributed by atoms with E-state index in [1.807, 2.05) is 0 Å². The van der Waals surface area contributed by atoms with Gasteiger partial charge in [0.2, 0.25) is 0 Å². The second-order valence-corrected chi connectivity index (χ2v) is 2.78. The molecule has 0 aromatic heterocycles. The van der Waals surface area contributed by atoms with E-state index in [9.17, 15) is 4.79 Å². The maximum Gasteiger partial charge on any atom is 0.328 e. The van der Waals surface area contributed by atoms with Gasteiger partial charge in [-0.25, -0.2) is 4.79 Å². The molecule has 5 heteroatoms. The van der Waals surface area contributed by atoms with E-state index in [1.54, 1.807) is 24.3 Å². The third-order valence-corrected chi connectivity index (χ3v) is 1.73. The number of hydrogen-bond acceptors (Lipinski definition) is 3. The molecule has 0 spiro atoms. The molecular weight excluding hydrogens is 196 g/mol. The molecule has 0 fully saturated rings. The van der Waals surface area contributed by atoms with Crippen LogP contribution in [-0.4, -0.2) is 22.1 Å². The van der Waals surface area contributed by atoms with E-state index in [0.717, 1.165) is 11.6 Å². The summed E-state index contributed by atoms with van der Waals surface area (Å²) in [6, 6.07) is 6.62. The molecule has 15 heavy (non-hydrogen) atoms. The second kappa shape index (κ2) is 4.80. The molecular formula is C10H10N2O3. The van der Waals surface area contributed by atoms with E-state index < -0.39 is 5.97 Å². The molecule has 1 aromatic carbocycles. The van der Waals surface area contributed by atoms with Gasteiger partial charge in [-0.1, -0.05) is 29.4 Å². The SMILES string of the molecule is NC(=NO)c1ccc(C=CC(=O)O)cc1. The van der Waals surface area contributed by atoms with Gasteiger partial charge in [0.05, 0.1) is 0 Å². The smallest absolute Gasteiger partial charge is 0.328 e. The largest absolute Gasteiger partial charge is 0.478 e. The third-order valence-electron chi connectivity index (χ3n) is 1.73. The van der Waals surface area contributed by atoms with Gasteiger partial charge in [-0.15, -0.1) is 0 Å². The zero-order valence-electron chi connectivity index (χ0n) is 7.79. The molecule has 0 atom stereocenters. The number of benzene rings is 1. The normalized spacial score (nSPS) is 11.9. The van der Waals surface area contributed by atoms with Crippen LogP contribution < -0.4 is 5.73 Å². The average Bonchev–Trinajstić information content (AvgIpc) is 2.26. The van der Waals surface area contributed by atoms with E-state index in [0.29, 0.717) is 5.56 Å². The lowest BCUT2D eigenvalue weighted by Gasteiger charge is -1.98. The van der Waals surface area contributed by atoms with Gasteiger partial charge in [0.15, 0.2) is 5.84 Å². The molecule has 0 aliphatic heterocycles. The Labute approximate surface area is 86.1 Å². The van der Waals surface area contributed by atoms with E-state index in [2.05, 4.69) is 5.16 Å². The van der Waals surface area contributed by atoms with Crippen LogP contribution in [0.3, 0.4) is 0 Å². The van der Waals surface area contributed by atoms with Gasteiger partial charge in [-0.2, -0.15) is 0 Å². The number of nitrogens with zero attached hydrogens (tertiary/aromatic N) is 1. The number of oxime groups is 1. The minimum absolute atomic E-state index is 0.0174. The Morgan fingerprint density at radius 3 is 2.40 bits per heavy atom. The predicted octanol–water partition coefficient (Wildman–Crippen LogP) is 0.879. The molecule has 0 saturated heterocycles. The molecule has 0 aliphatic rings. The summed E-state index contributed by atoms with van der Waals surface area (Å²) in [5.74, 6) is -0.987. The number of carbonyl (C=O) groups is 1. The number of rotatable bonds is 3. The van der Waals surface area contributed by atoms with Crippen molar-refractivity contribution in [3.8, 4) is 0 Å². The van der Waals surface area contributed by atoms with Crippen molar-refractivity contribution in [3.63, 3.8) is 0 Å². The first-order chi connectivity index (χ1) is 7.13. The summed E-state index contributed by atoms with van der Waals surface area (Å²) in [5.41, 5.74) is 6.66. The number of carboxylic acid groups (broad SMARTS) is 1. The predicted molar refractivity (Wildman–Crippen MR) is 55.6 cm³/mol. The summed E-state index contributed by atoms with van der Waals surface area (Å²) in [7, 11) is 0. The fourth-order valence-electron chi connectivity index (χ4n) is 0.990. The Hall–Kier alpha value is -2.30. The van der Waals surface area contributed by atoms with E-state index in [-0.39, 0.29) is 5.84 Å². The average molecular weight is 206 g/mol. The molecule has 0 heterocycles. The number of hydrogen-bond donors (Lipinski definition) is 3. The first-order valence-electron chi connectivity index (χ1n) is 4.12. The van der Waals surface area contributed by atoms with Crippen LogP contribution in [0.1, 0.15) is 11.1 Å². The van der Waals surface area contributed by atoms with Crippen LogP contribution in [0.2, 0.25) is 0 Å². The van der Waals surface area contributed by atoms with Crippen molar-refractivity contribution < 1.29 is 15.1 Å². The zero-order valence-corrected chi connectivity index (χ0v) is 7.79. The highest BCUT2D eigenvalue weighted by Gasteiger charge is 1.97. The van der Waals surface area contributed by atoms with Gasteiger partial charge in [0, 0.05) is 11.6 Å². The van der Waals surface area contributed by atoms with Gasteiger partial charge in [0.25, 0.3) is 0 Å². The third kappa shape index (κ3) is 3.15. The summed E-state index contributed by atoms with van der Waals surface area (Å²) in [4.78, 5) is 10.2. The summed E-state index contributed by atoms with van der Waals surface area (Å²) in [6.07, 6.45) is 2.50. The zero-order chi connectivity index (χ0) is 11.3. The first-order valence-corrected chi connectivity index (χ1v) is 4.12. The van der Waals surface area contributed by atoms with Crippen molar-refractivity contribution in [2.75, 3.05) is 0 Å². The lowest BCUT2D eigenvalue weighted by molar-refractivity contribution is -0.131. The summed E-state index contributed by atoms with van der Waals surface area (Å²) in [6.45, 7) is 0. The van der Waals surface area contributed by atoms with E-state index >= 15 is 0 Å². The lowest BCUT2D eigenvalue weighted by Crippen LogP contribution is -2.12. The minimum Gasteiger partial charge on any atom is -0.478 e. The van der Waals surface area contributed by atoms with Crippen LogP contribution in [0.5, 0.6) is 0 Å². The highest BCUT2D eigenvalue weighted by molar-refractivity contribution is 5.97. The molecule has 1 rings (SSSR count). The molecule has 5 nitrogen and oxygen atoms in total. The maximum atomic E-state index is 10.2. The Bertz CT molecular complexity index is 407. The minimum atomic E-state index is -1.00. The standard InChI is InChI=1S/C10H10N2O3/c11-10(12-15)8-4-1-7(2-5-8)3-6-9(13)14/h1-6,15H,(H2,11,12)(H,13,14). The van der Waals surface area contributed by atoms with Gasteiger partial charge < -0.3 is 16.0 Å². The first kappa shape index (κ1) is 10.8. The Morgan fingerprint density at radius 2 is 1.93 bits per heavy atom. The molecule has 0 radical (unpaired) electrons. The van der Waals surface area contributed by atoms with Crippen LogP contribution >= 0.6 is 0 Å². The number of aliphatic carboxylic acids is 1. The Balaban J connectivity index is 2.86. The Kier molecular flexibility index (Phi) is 3.45. The van der Waals surface area contributed by atoms with Crippen LogP contribution in [0.15, 0.2) is 35.5 Å². The molecule has 0 aliphatic carbocycles. The topological polar surface area (TPSA) is 95.9 Å². The molecule has 0 unspecified atom stereocenters. The fraction of sp³-hybridized carbons (Fsp3) is 0. The highest BCUT2D eigenvalue weighted by Crippen LogP contribution is 2.05. The lowest BCUT2D eigenvalue weighted by atomic mass is 10.1. The van der Waals surface area contributed by atoms with Crippen molar-refractivity contribution in [1.82, 2.24) is 0 Å². The molecule has 0 bridgehead atoms. The van der Waals surface area contributed by atoms with Crippen molar-refractivity contribution in [3.05, 3.63) is 41.5 Å². The monoisotopic (exact) mass is 206 g/mol. The van der Waals surface area contributed by atoms with Crippen molar-refractivity contribution >= 4 is 17.9 Å². The summed E-state index contributed by atoms with van der Waals surface area (Å²) in [5, 5.41) is 19.6. The highest BCUT2D eigenvalue weighted by atomic mass is 16.4. The quantitative estimate of drug-likeness (QED) is 0.225. The summed E-state index contributed by atoms with van der Waals surface area (Å²) >= 11 is 0. The van der Waals surface area contributed by atoms with E-state index in [4.69, 9.17) is 16.0 Å². The number of amidine groups is 1. The van der Waals surface area contributed by atoms with Crippen molar-refractivity contribution in [2.24, 2.45) is 10.9 Å². The van der Waals surface area contributed by atoms with Gasteiger partial charge in [-0.05, 0) is 11.6 Å². The molecule has 1 aromatic rings. The number of nitrogens with two attached hydrogens (primary N) is 1. The van der Waals surface area contributed by atoms with Gasteiger partial charge in [0.1, 0.15) is 0 Å². The second-order valence-electron chi connectivity index (χ2n) is 2.78. The Morgan fingerprint density at radius 1 is 1.33 bits per heavy atom. The van der Waals surface area contributed by atoms with Gasteiger partial charge >= 0.3 is 5.97 Å². The fourth-order valence-corrected chi connectivity index (χ4v) is 0.990. The molecule has 0 amide bonds. The molecule has 78 valence electrons. The molecule has 4 N–H and O–H groups in total. The van der Waals surface area contributed by atoms with Gasteiger partial charge in [-0.3, -0.25) is 0 Å². The molecule has 0 saturated carbocycles. The van der Waals surface area contributed by atoms with Crippen LogP contribution in [-0.2, 0) is 4.79 Å². The van der Waals surface area contributed by atoms with Crippen LogP contribution in [0, 0.1) is 0 Å². The van der Waals surface area contributed by atoms with Crippen LogP contribution in [0.25, 0.3) is 6.08 Å². The number of carboxylic acids is 1. The van der Waals surface area contributed by atoms with E-state index in [1.165, 1.54) is 6.08 Å². The van der Waals surface area contributed by atoms with Crippen molar-refractivity contribution in [2.45, 2.75) is 0 Å². The van der Waals surface area contributed by atoms with Crippen molar-refractivity contribution in [1.29, 1.82) is 0 Å². The summed E-state index contributed by atoms with van der Waals surface area (Å²) < 4.78 is 0.